The highest BCUT2D eigenvalue weighted by Gasteiger charge is 2.09. The minimum absolute atomic E-state index is 1.09. The summed E-state index contributed by atoms with van der Waals surface area (Å²) in [6.45, 7) is 3.77. The molecule has 0 aliphatic heterocycles. The molecule has 0 amide bonds. The van der Waals surface area contributed by atoms with Crippen molar-refractivity contribution in [3.05, 3.63) is 47.4 Å². The monoisotopic (exact) mass is 296 g/mol. The molecular formula is C13H13I. The van der Waals surface area contributed by atoms with Gasteiger partial charge in [0, 0.05) is 10.0 Å². The van der Waals surface area contributed by atoms with Gasteiger partial charge in [0.1, 0.15) is 0 Å². The van der Waals surface area contributed by atoms with E-state index in [-0.39, 0.29) is 0 Å². The lowest BCUT2D eigenvalue weighted by molar-refractivity contribution is 1.04. The van der Waals surface area contributed by atoms with Gasteiger partial charge in [-0.05, 0) is 45.9 Å². The van der Waals surface area contributed by atoms with Crippen molar-refractivity contribution in [1.29, 1.82) is 0 Å². The average Bonchev–Trinajstić information content (AvgIpc) is 2.54. The van der Waals surface area contributed by atoms with Gasteiger partial charge in [0.05, 0.1) is 0 Å². The molecule has 1 aromatic rings. The first kappa shape index (κ1) is 9.97. The summed E-state index contributed by atoms with van der Waals surface area (Å²) < 4.78 is 1.48. The maximum Gasteiger partial charge on any atom is 0.00251 e. The predicted octanol–water partition coefficient (Wildman–Crippen LogP) is 2.75. The number of benzene rings is 1. The first-order chi connectivity index (χ1) is 6.83. The number of fused-ring (bicyclic) bond motifs is 1. The molecule has 0 saturated heterocycles. The molecule has 0 radical (unpaired) electrons. The van der Waals surface area contributed by atoms with Gasteiger partial charge in [-0.25, -0.2) is 0 Å². The standard InChI is InChI=1S/C13H13I/c1-2-3-6-10-9-13(14)12-8-5-4-7-11(10)12/h2,4-5,7-8H,1,3,6,9H2. The molecule has 14 heavy (non-hydrogen) atoms. The third kappa shape index (κ3) is 1.78. The summed E-state index contributed by atoms with van der Waals surface area (Å²) in [6.07, 6.45) is 5.40. The highest BCUT2D eigenvalue weighted by molar-refractivity contribution is 14.1. The van der Waals surface area contributed by atoms with Gasteiger partial charge in [-0.2, -0.15) is 0 Å². The van der Waals surface area contributed by atoms with Crippen LogP contribution in [-0.4, -0.2) is 0 Å². The topological polar surface area (TPSA) is 0 Å². The van der Waals surface area contributed by atoms with Gasteiger partial charge in [0.15, 0.2) is 0 Å². The van der Waals surface area contributed by atoms with E-state index in [1.807, 2.05) is 6.08 Å². The number of rotatable bonds is 3. The van der Waals surface area contributed by atoms with E-state index >= 15 is 0 Å². The van der Waals surface area contributed by atoms with Crippen molar-refractivity contribution in [1.82, 2.24) is 0 Å². The van der Waals surface area contributed by atoms with Gasteiger partial charge >= 0.3 is 0 Å². The molecule has 1 aliphatic carbocycles. The average molecular weight is 296 g/mol. The van der Waals surface area contributed by atoms with Crippen molar-refractivity contribution in [2.45, 2.75) is 19.3 Å². The largest absolute Gasteiger partial charge is 0.103 e. The van der Waals surface area contributed by atoms with Crippen LogP contribution in [0.3, 0.4) is 0 Å². The zero-order valence-corrected chi connectivity index (χ0v) is 10.3. The van der Waals surface area contributed by atoms with Gasteiger partial charge in [0.2, 0.25) is 0 Å². The molecule has 0 heterocycles. The van der Waals surface area contributed by atoms with Gasteiger partial charge in [-0.1, -0.05) is 35.9 Å². The fraction of sp³-hybridized carbons (Fsp3) is 0.231. The van der Waals surface area contributed by atoms with Gasteiger partial charge in [0.25, 0.3) is 0 Å². The number of hydrogen-bond acceptors (Lipinski definition) is 0. The second-order valence-corrected chi connectivity index (χ2v) is 4.86. The van der Waals surface area contributed by atoms with Crippen LogP contribution in [0.25, 0.3) is 9.15 Å². The molecule has 0 atom stereocenters. The van der Waals surface area contributed by atoms with E-state index in [0.717, 1.165) is 19.3 Å². The van der Waals surface area contributed by atoms with Crippen LogP contribution in [0.15, 0.2) is 36.9 Å². The second-order valence-electron chi connectivity index (χ2n) is 3.56. The molecule has 0 saturated carbocycles. The van der Waals surface area contributed by atoms with E-state index in [2.05, 4.69) is 53.4 Å². The summed E-state index contributed by atoms with van der Waals surface area (Å²) in [7, 11) is 0. The Bertz CT molecular complexity index is 468. The lowest BCUT2D eigenvalue weighted by Crippen LogP contribution is -2.22. The third-order valence-corrected chi connectivity index (χ3v) is 3.58. The van der Waals surface area contributed by atoms with Gasteiger partial charge in [-0.15, -0.1) is 6.58 Å². The Balaban J connectivity index is 2.50. The van der Waals surface area contributed by atoms with E-state index in [0.29, 0.717) is 0 Å². The van der Waals surface area contributed by atoms with Crippen LogP contribution in [0.5, 0.6) is 0 Å². The van der Waals surface area contributed by atoms with Crippen LogP contribution in [0.2, 0.25) is 0 Å². The van der Waals surface area contributed by atoms with Crippen molar-refractivity contribution in [2.75, 3.05) is 0 Å². The fourth-order valence-corrected chi connectivity index (χ4v) is 2.84. The van der Waals surface area contributed by atoms with Crippen molar-refractivity contribution >= 4 is 31.7 Å². The molecule has 0 fully saturated rings. The molecule has 0 spiro atoms. The molecule has 1 heteroatoms. The van der Waals surface area contributed by atoms with Crippen molar-refractivity contribution in [2.24, 2.45) is 0 Å². The minimum atomic E-state index is 1.09. The van der Waals surface area contributed by atoms with Crippen molar-refractivity contribution < 1.29 is 0 Å². The van der Waals surface area contributed by atoms with Crippen LogP contribution >= 0.6 is 22.6 Å². The quantitative estimate of drug-likeness (QED) is 0.594. The highest BCUT2D eigenvalue weighted by atomic mass is 127. The Morgan fingerprint density at radius 1 is 1.29 bits per heavy atom. The van der Waals surface area contributed by atoms with Crippen LogP contribution in [0, 0.1) is 0 Å². The van der Waals surface area contributed by atoms with E-state index in [1.165, 1.54) is 14.0 Å². The van der Waals surface area contributed by atoms with E-state index in [1.54, 1.807) is 5.57 Å². The van der Waals surface area contributed by atoms with Crippen molar-refractivity contribution in [3.63, 3.8) is 0 Å². The van der Waals surface area contributed by atoms with E-state index < -0.39 is 0 Å². The van der Waals surface area contributed by atoms with E-state index in [9.17, 15) is 0 Å². The summed E-state index contributed by atoms with van der Waals surface area (Å²) in [6, 6.07) is 8.70. The maximum atomic E-state index is 3.77. The summed E-state index contributed by atoms with van der Waals surface area (Å²) in [5.41, 5.74) is 1.57. The van der Waals surface area contributed by atoms with Crippen molar-refractivity contribution in [3.8, 4) is 0 Å². The summed E-state index contributed by atoms with van der Waals surface area (Å²) in [4.78, 5) is 0. The Labute approximate surface area is 98.2 Å². The zero-order valence-electron chi connectivity index (χ0n) is 8.09. The summed E-state index contributed by atoms with van der Waals surface area (Å²) in [5, 5.41) is 2.89. The molecule has 0 N–H and O–H groups in total. The van der Waals surface area contributed by atoms with Crippen LogP contribution in [0.4, 0.5) is 0 Å². The van der Waals surface area contributed by atoms with E-state index in [4.69, 9.17) is 0 Å². The number of halogens is 1. The molecule has 0 aromatic heterocycles. The van der Waals surface area contributed by atoms with Gasteiger partial charge in [-0.3, -0.25) is 0 Å². The lowest BCUT2D eigenvalue weighted by atomic mass is 10.1. The molecule has 2 rings (SSSR count). The molecule has 0 unspecified atom stereocenters. The molecule has 0 nitrogen and oxygen atoms in total. The number of allylic oxidation sites excluding steroid dienone is 1. The molecular weight excluding hydrogens is 283 g/mol. The SMILES string of the molecule is C=CCCC1=c2ccccc2=C(I)C1. The van der Waals surface area contributed by atoms with Crippen LogP contribution < -0.4 is 10.4 Å². The van der Waals surface area contributed by atoms with Crippen LogP contribution in [0.1, 0.15) is 19.3 Å². The summed E-state index contributed by atoms with van der Waals surface area (Å²) in [5.74, 6) is 0. The lowest BCUT2D eigenvalue weighted by Gasteiger charge is -1.98. The Hall–Kier alpha value is -0.570. The second kappa shape index (κ2) is 4.30. The number of hydrogen-bond donors (Lipinski definition) is 0. The normalized spacial score (nSPS) is 14.4. The van der Waals surface area contributed by atoms with Crippen LogP contribution in [-0.2, 0) is 0 Å². The summed E-state index contributed by atoms with van der Waals surface area (Å²) >= 11 is 2.46. The Morgan fingerprint density at radius 3 is 2.71 bits per heavy atom. The first-order valence-corrected chi connectivity index (χ1v) is 5.97. The third-order valence-electron chi connectivity index (χ3n) is 2.62. The Morgan fingerprint density at radius 2 is 2.00 bits per heavy atom. The highest BCUT2D eigenvalue weighted by Crippen LogP contribution is 2.23. The minimum Gasteiger partial charge on any atom is -0.103 e. The zero-order chi connectivity index (χ0) is 9.97. The predicted molar refractivity (Wildman–Crippen MR) is 70.6 cm³/mol. The molecule has 1 aliphatic rings. The smallest absolute Gasteiger partial charge is 0.00251 e. The first-order valence-electron chi connectivity index (χ1n) is 4.89. The molecule has 72 valence electrons. The fourth-order valence-electron chi connectivity index (χ4n) is 1.91. The Kier molecular flexibility index (Phi) is 3.06. The molecule has 0 bridgehead atoms. The van der Waals surface area contributed by atoms with Gasteiger partial charge < -0.3 is 0 Å². The molecule has 1 aromatic carbocycles. The maximum absolute atomic E-state index is 3.77.